The van der Waals surface area contributed by atoms with Crippen molar-refractivity contribution in [1.29, 1.82) is 0 Å². The lowest BCUT2D eigenvalue weighted by molar-refractivity contribution is -0.137. The van der Waals surface area contributed by atoms with Crippen LogP contribution in [0.25, 0.3) is 0 Å². The van der Waals surface area contributed by atoms with Crippen LogP contribution in [0.2, 0.25) is 0 Å². The number of likely N-dealkylation sites (N-methyl/N-ethyl adjacent to an activating group) is 1. The zero-order chi connectivity index (χ0) is 19.5. The lowest BCUT2D eigenvalue weighted by Gasteiger charge is -2.18. The normalized spacial score (nSPS) is 11.2. The fourth-order valence-corrected chi connectivity index (χ4v) is 2.37. The van der Waals surface area contributed by atoms with E-state index in [-0.39, 0.29) is 18.0 Å². The van der Waals surface area contributed by atoms with Crippen LogP contribution in [0.3, 0.4) is 0 Å². The molecule has 0 bridgehead atoms. The largest absolute Gasteiger partial charge is 0.416 e. The molecule has 0 heterocycles. The van der Waals surface area contributed by atoms with E-state index in [2.05, 4.69) is 5.32 Å². The van der Waals surface area contributed by atoms with Gasteiger partial charge in [0.2, 0.25) is 5.91 Å². The van der Waals surface area contributed by atoms with Gasteiger partial charge in [0.05, 0.1) is 12.1 Å². The molecule has 4 nitrogen and oxygen atoms in total. The van der Waals surface area contributed by atoms with Crippen LogP contribution in [0.5, 0.6) is 0 Å². The van der Waals surface area contributed by atoms with Gasteiger partial charge in [0, 0.05) is 18.3 Å². The Balaban J connectivity index is 2.02. The number of carbonyl (C=O) groups is 2. The minimum atomic E-state index is -4.46. The molecule has 7 heteroatoms. The molecule has 26 heavy (non-hydrogen) atoms. The molecule has 1 N–H and O–H groups in total. The van der Waals surface area contributed by atoms with Crippen LogP contribution in [0.4, 0.5) is 18.9 Å². The number of rotatable bonds is 4. The highest BCUT2D eigenvalue weighted by atomic mass is 19.4. The van der Waals surface area contributed by atoms with Crippen molar-refractivity contribution in [3.05, 3.63) is 64.7 Å². The van der Waals surface area contributed by atoms with Crippen molar-refractivity contribution in [2.45, 2.75) is 20.0 Å². The van der Waals surface area contributed by atoms with Crippen LogP contribution in [0, 0.1) is 13.8 Å². The SMILES string of the molecule is Cc1ccc(C)c(NC(=O)CN(C)C(=O)c2ccc(C(F)(F)F)cc2)c1. The fourth-order valence-electron chi connectivity index (χ4n) is 2.37. The van der Waals surface area contributed by atoms with Gasteiger partial charge in [0.15, 0.2) is 0 Å². The number of alkyl halides is 3. The molecule has 0 aliphatic heterocycles. The average Bonchev–Trinajstić information content (AvgIpc) is 2.56. The van der Waals surface area contributed by atoms with Gasteiger partial charge in [-0.05, 0) is 55.3 Å². The van der Waals surface area contributed by atoms with Crippen LogP contribution in [-0.4, -0.2) is 30.3 Å². The molecule has 138 valence electrons. The summed E-state index contributed by atoms with van der Waals surface area (Å²) in [5.74, 6) is -0.920. The maximum atomic E-state index is 12.6. The van der Waals surface area contributed by atoms with E-state index in [4.69, 9.17) is 0 Å². The Morgan fingerprint density at radius 2 is 1.65 bits per heavy atom. The maximum absolute atomic E-state index is 12.6. The second-order valence-electron chi connectivity index (χ2n) is 6.10. The molecule has 0 spiro atoms. The van der Waals surface area contributed by atoms with E-state index in [9.17, 15) is 22.8 Å². The van der Waals surface area contributed by atoms with Gasteiger partial charge in [-0.1, -0.05) is 12.1 Å². The zero-order valence-corrected chi connectivity index (χ0v) is 14.6. The second-order valence-corrected chi connectivity index (χ2v) is 6.10. The highest BCUT2D eigenvalue weighted by molar-refractivity contribution is 5.99. The van der Waals surface area contributed by atoms with Gasteiger partial charge in [0.1, 0.15) is 0 Å². The summed E-state index contributed by atoms with van der Waals surface area (Å²) < 4.78 is 37.7. The van der Waals surface area contributed by atoms with Crippen molar-refractivity contribution >= 4 is 17.5 Å². The Hall–Kier alpha value is -2.83. The first-order valence-corrected chi connectivity index (χ1v) is 7.88. The molecular formula is C19H19F3N2O2. The summed E-state index contributed by atoms with van der Waals surface area (Å²) in [5.41, 5.74) is 1.79. The number of aryl methyl sites for hydroxylation is 2. The minimum Gasteiger partial charge on any atom is -0.332 e. The van der Waals surface area contributed by atoms with Crippen molar-refractivity contribution < 1.29 is 22.8 Å². The number of benzene rings is 2. The number of nitrogens with one attached hydrogen (secondary N) is 1. The molecule has 0 saturated carbocycles. The van der Waals surface area contributed by atoms with Crippen LogP contribution in [-0.2, 0) is 11.0 Å². The summed E-state index contributed by atoms with van der Waals surface area (Å²) in [6.07, 6.45) is -4.46. The predicted molar refractivity (Wildman–Crippen MR) is 93.0 cm³/mol. The van der Waals surface area contributed by atoms with Crippen molar-refractivity contribution in [2.24, 2.45) is 0 Å². The Bertz CT molecular complexity index is 815. The number of amides is 2. The van der Waals surface area contributed by atoms with E-state index in [1.165, 1.54) is 7.05 Å². The third kappa shape index (κ3) is 4.84. The molecule has 0 aromatic heterocycles. The van der Waals surface area contributed by atoms with E-state index < -0.39 is 17.6 Å². The summed E-state index contributed by atoms with van der Waals surface area (Å²) in [4.78, 5) is 25.6. The van der Waals surface area contributed by atoms with Crippen molar-refractivity contribution in [2.75, 3.05) is 18.9 Å². The van der Waals surface area contributed by atoms with Gasteiger partial charge < -0.3 is 10.2 Å². The number of hydrogen-bond acceptors (Lipinski definition) is 2. The standard InChI is InChI=1S/C19H19F3N2O2/c1-12-4-5-13(2)16(10-12)23-17(25)11-24(3)18(26)14-6-8-15(9-7-14)19(20,21)22/h4-10H,11H2,1-3H3,(H,23,25). The van der Waals surface area contributed by atoms with E-state index in [1.807, 2.05) is 32.0 Å². The summed E-state index contributed by atoms with van der Waals surface area (Å²) >= 11 is 0. The number of anilines is 1. The van der Waals surface area contributed by atoms with E-state index in [1.54, 1.807) is 0 Å². The molecule has 0 radical (unpaired) electrons. The Morgan fingerprint density at radius 1 is 1.04 bits per heavy atom. The smallest absolute Gasteiger partial charge is 0.332 e. The molecular weight excluding hydrogens is 345 g/mol. The first kappa shape index (κ1) is 19.5. The quantitative estimate of drug-likeness (QED) is 0.890. The van der Waals surface area contributed by atoms with E-state index in [0.717, 1.165) is 40.3 Å². The van der Waals surface area contributed by atoms with Crippen molar-refractivity contribution in [1.82, 2.24) is 4.90 Å². The molecule has 0 saturated heterocycles. The monoisotopic (exact) mass is 364 g/mol. The molecule has 0 fully saturated rings. The van der Waals surface area contributed by atoms with Crippen LogP contribution >= 0.6 is 0 Å². The molecule has 2 aromatic rings. The highest BCUT2D eigenvalue weighted by Crippen LogP contribution is 2.29. The van der Waals surface area contributed by atoms with Crippen LogP contribution in [0.15, 0.2) is 42.5 Å². The molecule has 2 aromatic carbocycles. The predicted octanol–water partition coefficient (Wildman–Crippen LogP) is 4.03. The van der Waals surface area contributed by atoms with Gasteiger partial charge in [0.25, 0.3) is 5.91 Å². The second kappa shape index (κ2) is 7.59. The number of nitrogens with zero attached hydrogens (tertiary/aromatic N) is 1. The van der Waals surface area contributed by atoms with Crippen LogP contribution in [0.1, 0.15) is 27.0 Å². The summed E-state index contributed by atoms with van der Waals surface area (Å²) in [6, 6.07) is 9.52. The number of halogens is 3. The third-order valence-electron chi connectivity index (χ3n) is 3.85. The number of carbonyl (C=O) groups excluding carboxylic acids is 2. The maximum Gasteiger partial charge on any atom is 0.416 e. The van der Waals surface area contributed by atoms with Crippen molar-refractivity contribution in [3.8, 4) is 0 Å². The lowest BCUT2D eigenvalue weighted by atomic mass is 10.1. The fraction of sp³-hybridized carbons (Fsp3) is 0.263. The molecule has 0 aliphatic rings. The summed E-state index contributed by atoms with van der Waals surface area (Å²) in [5, 5.41) is 2.74. The first-order valence-electron chi connectivity index (χ1n) is 7.88. The highest BCUT2D eigenvalue weighted by Gasteiger charge is 2.30. The molecule has 2 rings (SSSR count). The molecule has 0 atom stereocenters. The topological polar surface area (TPSA) is 49.4 Å². The Labute approximate surface area is 149 Å². The van der Waals surface area contributed by atoms with Gasteiger partial charge in [-0.25, -0.2) is 0 Å². The van der Waals surface area contributed by atoms with Crippen LogP contribution < -0.4 is 5.32 Å². The molecule has 2 amide bonds. The molecule has 0 unspecified atom stereocenters. The Kier molecular flexibility index (Phi) is 5.69. The Morgan fingerprint density at radius 3 is 2.23 bits per heavy atom. The lowest BCUT2D eigenvalue weighted by Crippen LogP contribution is -2.35. The molecule has 0 aliphatic carbocycles. The summed E-state index contributed by atoms with van der Waals surface area (Å²) in [6.45, 7) is 3.54. The van der Waals surface area contributed by atoms with Gasteiger partial charge in [-0.2, -0.15) is 13.2 Å². The number of hydrogen-bond donors (Lipinski definition) is 1. The van der Waals surface area contributed by atoms with Crippen molar-refractivity contribution in [3.63, 3.8) is 0 Å². The van der Waals surface area contributed by atoms with E-state index in [0.29, 0.717) is 5.69 Å². The first-order chi connectivity index (χ1) is 12.1. The van der Waals surface area contributed by atoms with Gasteiger partial charge >= 0.3 is 6.18 Å². The minimum absolute atomic E-state index is 0.0834. The van der Waals surface area contributed by atoms with E-state index >= 15 is 0 Å². The summed E-state index contributed by atoms with van der Waals surface area (Å²) in [7, 11) is 1.42. The zero-order valence-electron chi connectivity index (χ0n) is 14.6. The van der Waals surface area contributed by atoms with Gasteiger partial charge in [-0.15, -0.1) is 0 Å². The average molecular weight is 364 g/mol. The third-order valence-corrected chi connectivity index (χ3v) is 3.85. The van der Waals surface area contributed by atoms with Gasteiger partial charge in [-0.3, -0.25) is 9.59 Å².